The van der Waals surface area contributed by atoms with Crippen molar-refractivity contribution in [1.82, 2.24) is 4.90 Å². The number of rotatable bonds is 5. The predicted octanol–water partition coefficient (Wildman–Crippen LogP) is 1.70. The van der Waals surface area contributed by atoms with Crippen LogP contribution in [-0.2, 0) is 11.3 Å². The summed E-state index contributed by atoms with van der Waals surface area (Å²) in [5, 5.41) is 0. The molecule has 0 aromatic heterocycles. The molecule has 1 aromatic rings. The van der Waals surface area contributed by atoms with Gasteiger partial charge >= 0.3 is 0 Å². The smallest absolute Gasteiger partial charge is 0.255 e. The quantitative estimate of drug-likeness (QED) is 0.820. The van der Waals surface area contributed by atoms with Gasteiger partial charge < -0.3 is 10.5 Å². The lowest BCUT2D eigenvalue weighted by molar-refractivity contribution is -0.119. The molecule has 1 aliphatic rings. The van der Waals surface area contributed by atoms with Crippen molar-refractivity contribution in [3.63, 3.8) is 0 Å². The van der Waals surface area contributed by atoms with E-state index < -0.39 is 5.91 Å². The molecule has 4 nitrogen and oxygen atoms in total. The van der Waals surface area contributed by atoms with Crippen LogP contribution in [0.5, 0.6) is 5.75 Å². The first-order valence-electron chi connectivity index (χ1n) is 6.51. The second kappa shape index (κ2) is 6.38. The zero-order valence-electron chi connectivity index (χ0n) is 11.3. The molecule has 0 spiro atoms. The highest BCUT2D eigenvalue weighted by molar-refractivity contribution is 5.75. The topological polar surface area (TPSA) is 55.6 Å². The van der Waals surface area contributed by atoms with Gasteiger partial charge in [-0.1, -0.05) is 23.8 Å². The zero-order chi connectivity index (χ0) is 13.7. The highest BCUT2D eigenvalue weighted by Crippen LogP contribution is 2.17. The summed E-state index contributed by atoms with van der Waals surface area (Å²) in [7, 11) is 0. The summed E-state index contributed by atoms with van der Waals surface area (Å²) in [4.78, 5) is 13.1. The molecule has 0 saturated heterocycles. The summed E-state index contributed by atoms with van der Waals surface area (Å²) >= 11 is 0. The minimum absolute atomic E-state index is 0.0743. The van der Waals surface area contributed by atoms with Crippen molar-refractivity contribution in [2.24, 2.45) is 5.73 Å². The van der Waals surface area contributed by atoms with Crippen molar-refractivity contribution >= 4 is 5.91 Å². The minimum Gasteiger partial charge on any atom is -0.484 e. The van der Waals surface area contributed by atoms with E-state index in [1.54, 1.807) is 0 Å². The molecule has 1 aromatic carbocycles. The maximum atomic E-state index is 10.7. The molecular weight excluding hydrogens is 240 g/mol. The van der Waals surface area contributed by atoms with Crippen molar-refractivity contribution in [1.29, 1.82) is 0 Å². The number of nitrogens with two attached hydrogens (primary N) is 1. The van der Waals surface area contributed by atoms with E-state index in [0.29, 0.717) is 5.75 Å². The molecule has 2 rings (SSSR count). The number of carbonyl (C=O) groups is 1. The van der Waals surface area contributed by atoms with Crippen LogP contribution >= 0.6 is 0 Å². The number of carbonyl (C=O) groups excluding carboxylic acids is 1. The Morgan fingerprint density at radius 1 is 1.47 bits per heavy atom. The lowest BCUT2D eigenvalue weighted by Gasteiger charge is -2.25. The van der Waals surface area contributed by atoms with Crippen LogP contribution < -0.4 is 10.5 Å². The van der Waals surface area contributed by atoms with Gasteiger partial charge in [-0.2, -0.15) is 0 Å². The number of primary amides is 1. The molecular formula is C15H20N2O2. The molecule has 0 bridgehead atoms. The molecule has 19 heavy (non-hydrogen) atoms. The molecule has 102 valence electrons. The van der Waals surface area contributed by atoms with Crippen LogP contribution in [-0.4, -0.2) is 30.5 Å². The van der Waals surface area contributed by atoms with Crippen molar-refractivity contribution in [3.05, 3.63) is 41.5 Å². The maximum Gasteiger partial charge on any atom is 0.255 e. The molecule has 1 amide bonds. The first-order valence-corrected chi connectivity index (χ1v) is 6.51. The molecule has 0 aliphatic carbocycles. The summed E-state index contributed by atoms with van der Waals surface area (Å²) in [6.07, 6.45) is 3.41. The normalized spacial score (nSPS) is 15.9. The molecule has 0 unspecified atom stereocenters. The Kier molecular flexibility index (Phi) is 4.58. The van der Waals surface area contributed by atoms with Crippen molar-refractivity contribution in [2.45, 2.75) is 19.9 Å². The minimum atomic E-state index is -0.456. The van der Waals surface area contributed by atoms with Gasteiger partial charge in [0.05, 0.1) is 0 Å². The van der Waals surface area contributed by atoms with E-state index in [4.69, 9.17) is 10.5 Å². The van der Waals surface area contributed by atoms with Gasteiger partial charge in [0.25, 0.3) is 5.91 Å². The third-order valence-electron chi connectivity index (χ3n) is 3.21. The summed E-state index contributed by atoms with van der Waals surface area (Å²) in [6.45, 7) is 5.09. The zero-order valence-corrected chi connectivity index (χ0v) is 11.3. The largest absolute Gasteiger partial charge is 0.484 e. The fourth-order valence-electron chi connectivity index (χ4n) is 2.10. The lowest BCUT2D eigenvalue weighted by atomic mass is 10.1. The molecule has 1 aliphatic heterocycles. The Balaban J connectivity index is 1.93. The summed E-state index contributed by atoms with van der Waals surface area (Å²) in [5.41, 5.74) is 7.72. The molecule has 2 N–H and O–H groups in total. The van der Waals surface area contributed by atoms with E-state index >= 15 is 0 Å². The number of amides is 1. The number of benzene rings is 1. The van der Waals surface area contributed by atoms with E-state index in [-0.39, 0.29) is 6.61 Å². The van der Waals surface area contributed by atoms with Crippen LogP contribution in [0, 0.1) is 0 Å². The van der Waals surface area contributed by atoms with Crippen LogP contribution in [0.2, 0.25) is 0 Å². The number of ether oxygens (including phenoxy) is 1. The van der Waals surface area contributed by atoms with Crippen molar-refractivity contribution in [3.8, 4) is 5.75 Å². The second-order valence-corrected chi connectivity index (χ2v) is 4.94. The Morgan fingerprint density at radius 2 is 2.32 bits per heavy atom. The molecule has 0 atom stereocenters. The summed E-state index contributed by atoms with van der Waals surface area (Å²) < 4.78 is 5.31. The molecule has 4 heteroatoms. The van der Waals surface area contributed by atoms with Crippen LogP contribution in [0.25, 0.3) is 0 Å². The standard InChI is InChI=1S/C15H20N2O2/c1-12-5-7-17(8-6-12)10-13-3-2-4-14(9-13)19-11-15(16)18/h2-5,9H,6-8,10-11H2,1H3,(H2,16,18). The Bertz CT molecular complexity index is 483. The van der Waals surface area contributed by atoms with Gasteiger partial charge in [0.15, 0.2) is 6.61 Å². The van der Waals surface area contributed by atoms with Gasteiger partial charge in [-0.15, -0.1) is 0 Å². The first-order chi connectivity index (χ1) is 9.13. The van der Waals surface area contributed by atoms with Gasteiger partial charge in [0.1, 0.15) is 5.75 Å². The van der Waals surface area contributed by atoms with Crippen molar-refractivity contribution < 1.29 is 9.53 Å². The van der Waals surface area contributed by atoms with E-state index in [2.05, 4.69) is 24.0 Å². The van der Waals surface area contributed by atoms with Crippen LogP contribution in [0.4, 0.5) is 0 Å². The van der Waals surface area contributed by atoms with Crippen LogP contribution in [0.3, 0.4) is 0 Å². The van der Waals surface area contributed by atoms with Crippen LogP contribution in [0.15, 0.2) is 35.9 Å². The van der Waals surface area contributed by atoms with Gasteiger partial charge in [-0.25, -0.2) is 0 Å². The third-order valence-corrected chi connectivity index (χ3v) is 3.21. The average molecular weight is 260 g/mol. The fraction of sp³-hybridized carbons (Fsp3) is 0.400. The molecule has 0 radical (unpaired) electrons. The number of hydrogen-bond acceptors (Lipinski definition) is 3. The highest BCUT2D eigenvalue weighted by atomic mass is 16.5. The maximum absolute atomic E-state index is 10.7. The highest BCUT2D eigenvalue weighted by Gasteiger charge is 2.10. The second-order valence-electron chi connectivity index (χ2n) is 4.94. The van der Waals surface area contributed by atoms with E-state index in [0.717, 1.165) is 26.1 Å². The lowest BCUT2D eigenvalue weighted by Crippen LogP contribution is -2.27. The predicted molar refractivity (Wildman–Crippen MR) is 74.8 cm³/mol. The monoisotopic (exact) mass is 260 g/mol. The Morgan fingerprint density at radius 3 is 3.00 bits per heavy atom. The third kappa shape index (κ3) is 4.41. The number of hydrogen-bond donors (Lipinski definition) is 1. The average Bonchev–Trinajstić information content (AvgIpc) is 2.40. The van der Waals surface area contributed by atoms with Gasteiger partial charge in [0.2, 0.25) is 0 Å². The van der Waals surface area contributed by atoms with Crippen molar-refractivity contribution in [2.75, 3.05) is 19.7 Å². The van der Waals surface area contributed by atoms with E-state index in [1.165, 1.54) is 11.1 Å². The summed E-state index contributed by atoms with van der Waals surface area (Å²) in [6, 6.07) is 7.82. The molecule has 1 heterocycles. The van der Waals surface area contributed by atoms with E-state index in [1.807, 2.05) is 18.2 Å². The van der Waals surface area contributed by atoms with Gasteiger partial charge in [0, 0.05) is 19.6 Å². The van der Waals surface area contributed by atoms with Crippen LogP contribution in [0.1, 0.15) is 18.9 Å². The number of nitrogens with zero attached hydrogens (tertiary/aromatic N) is 1. The van der Waals surface area contributed by atoms with Gasteiger partial charge in [-0.3, -0.25) is 9.69 Å². The first kappa shape index (κ1) is 13.6. The Hall–Kier alpha value is -1.81. The van der Waals surface area contributed by atoms with Gasteiger partial charge in [-0.05, 0) is 31.0 Å². The molecule has 0 fully saturated rings. The molecule has 0 saturated carbocycles. The SMILES string of the molecule is CC1=CCN(Cc2cccc(OCC(N)=O)c2)CC1. The van der Waals surface area contributed by atoms with E-state index in [9.17, 15) is 4.79 Å². The summed E-state index contributed by atoms with van der Waals surface area (Å²) in [5.74, 6) is 0.238. The fourth-order valence-corrected chi connectivity index (χ4v) is 2.10. The Labute approximate surface area is 113 Å².